The molecule has 2 amide bonds. The summed E-state index contributed by atoms with van der Waals surface area (Å²) in [7, 11) is 0. The Hall–Kier alpha value is -2.37. The molecule has 2 aliphatic heterocycles. The number of benzene rings is 1. The van der Waals surface area contributed by atoms with Crippen LogP contribution in [0.15, 0.2) is 30.3 Å². The molecule has 2 aliphatic rings. The van der Waals surface area contributed by atoms with Gasteiger partial charge in [-0.3, -0.25) is 9.59 Å². The van der Waals surface area contributed by atoms with E-state index in [9.17, 15) is 19.5 Å². The molecule has 0 aliphatic carbocycles. The van der Waals surface area contributed by atoms with Crippen molar-refractivity contribution in [3.8, 4) is 0 Å². The van der Waals surface area contributed by atoms with Crippen molar-refractivity contribution in [2.75, 3.05) is 13.1 Å². The zero-order chi connectivity index (χ0) is 16.4. The number of amides is 2. The topological polar surface area (TPSA) is 77.9 Å². The maximum atomic E-state index is 12.5. The highest BCUT2D eigenvalue weighted by molar-refractivity contribution is 5.98. The molecule has 23 heavy (non-hydrogen) atoms. The Morgan fingerprint density at radius 2 is 1.91 bits per heavy atom. The summed E-state index contributed by atoms with van der Waals surface area (Å²) in [5, 5.41) is 9.17. The number of carboxylic acid groups (broad SMARTS) is 1. The van der Waals surface area contributed by atoms with Crippen LogP contribution >= 0.6 is 0 Å². The fraction of sp³-hybridized carbons (Fsp3) is 0.471. The SMILES string of the molecule is O=C(O)C1CCC2C(=O)N(CCCc3ccccc3)CC(=O)N12. The molecule has 2 saturated heterocycles. The Kier molecular flexibility index (Phi) is 4.32. The van der Waals surface area contributed by atoms with Gasteiger partial charge in [0.1, 0.15) is 12.1 Å². The molecule has 0 spiro atoms. The number of hydrogen-bond acceptors (Lipinski definition) is 3. The van der Waals surface area contributed by atoms with Gasteiger partial charge in [-0.05, 0) is 31.2 Å². The highest BCUT2D eigenvalue weighted by Gasteiger charge is 2.48. The van der Waals surface area contributed by atoms with E-state index in [0.29, 0.717) is 19.4 Å². The molecular weight excluding hydrogens is 296 g/mol. The molecule has 2 unspecified atom stereocenters. The highest BCUT2D eigenvalue weighted by Crippen LogP contribution is 2.29. The van der Waals surface area contributed by atoms with Crippen molar-refractivity contribution in [1.82, 2.24) is 9.80 Å². The lowest BCUT2D eigenvalue weighted by molar-refractivity contribution is -0.160. The molecule has 0 bridgehead atoms. The van der Waals surface area contributed by atoms with E-state index in [1.54, 1.807) is 4.90 Å². The number of carbonyl (C=O) groups is 3. The van der Waals surface area contributed by atoms with Crippen LogP contribution in [-0.2, 0) is 20.8 Å². The molecule has 6 nitrogen and oxygen atoms in total. The minimum Gasteiger partial charge on any atom is -0.480 e. The minimum absolute atomic E-state index is 0.00605. The molecule has 2 heterocycles. The van der Waals surface area contributed by atoms with Gasteiger partial charge in [0.05, 0.1) is 6.54 Å². The van der Waals surface area contributed by atoms with Gasteiger partial charge in [0, 0.05) is 6.54 Å². The number of nitrogens with zero attached hydrogens (tertiary/aromatic N) is 2. The first-order valence-electron chi connectivity index (χ1n) is 7.94. The molecule has 6 heteroatoms. The normalized spacial score (nSPS) is 24.0. The maximum Gasteiger partial charge on any atom is 0.326 e. The molecular formula is C17H20N2O4. The smallest absolute Gasteiger partial charge is 0.326 e. The second-order valence-corrected chi connectivity index (χ2v) is 6.10. The van der Waals surface area contributed by atoms with Gasteiger partial charge >= 0.3 is 5.97 Å². The van der Waals surface area contributed by atoms with E-state index in [0.717, 1.165) is 12.8 Å². The Morgan fingerprint density at radius 3 is 2.61 bits per heavy atom. The third kappa shape index (κ3) is 3.06. The van der Waals surface area contributed by atoms with E-state index in [1.165, 1.54) is 10.5 Å². The Balaban J connectivity index is 1.60. The number of rotatable bonds is 5. The monoisotopic (exact) mass is 316 g/mol. The lowest BCUT2D eigenvalue weighted by Crippen LogP contribution is -2.60. The van der Waals surface area contributed by atoms with Crippen LogP contribution in [0.1, 0.15) is 24.8 Å². The van der Waals surface area contributed by atoms with Gasteiger partial charge in [0.2, 0.25) is 11.8 Å². The second-order valence-electron chi connectivity index (χ2n) is 6.10. The average Bonchev–Trinajstić information content (AvgIpc) is 2.99. The number of piperazine rings is 1. The van der Waals surface area contributed by atoms with Gasteiger partial charge in [-0.1, -0.05) is 30.3 Å². The summed E-state index contributed by atoms with van der Waals surface area (Å²) in [6.45, 7) is 0.523. The summed E-state index contributed by atoms with van der Waals surface area (Å²) in [4.78, 5) is 38.8. The van der Waals surface area contributed by atoms with Crippen molar-refractivity contribution in [2.24, 2.45) is 0 Å². The summed E-state index contributed by atoms with van der Waals surface area (Å²) in [5.74, 6) is -1.38. The van der Waals surface area contributed by atoms with Crippen LogP contribution in [0, 0.1) is 0 Å². The molecule has 0 radical (unpaired) electrons. The number of fused-ring (bicyclic) bond motifs is 1. The number of aliphatic carboxylic acids is 1. The van der Waals surface area contributed by atoms with Crippen molar-refractivity contribution in [3.05, 3.63) is 35.9 Å². The van der Waals surface area contributed by atoms with Crippen LogP contribution in [0.5, 0.6) is 0 Å². The fourth-order valence-corrected chi connectivity index (χ4v) is 3.49. The van der Waals surface area contributed by atoms with Crippen LogP contribution in [0.4, 0.5) is 0 Å². The number of carboxylic acids is 1. The van der Waals surface area contributed by atoms with Crippen LogP contribution in [-0.4, -0.2) is 57.9 Å². The number of carbonyl (C=O) groups excluding carboxylic acids is 2. The third-order valence-corrected chi connectivity index (χ3v) is 4.62. The second kappa shape index (κ2) is 6.40. The van der Waals surface area contributed by atoms with E-state index < -0.39 is 18.1 Å². The lowest BCUT2D eigenvalue weighted by Gasteiger charge is -2.38. The summed E-state index contributed by atoms with van der Waals surface area (Å²) in [6.07, 6.45) is 2.44. The van der Waals surface area contributed by atoms with Crippen LogP contribution in [0.3, 0.4) is 0 Å². The summed E-state index contributed by atoms with van der Waals surface area (Å²) in [5.41, 5.74) is 1.21. The summed E-state index contributed by atoms with van der Waals surface area (Å²) < 4.78 is 0. The summed E-state index contributed by atoms with van der Waals surface area (Å²) >= 11 is 0. The molecule has 1 aromatic carbocycles. The van der Waals surface area contributed by atoms with Crippen LogP contribution < -0.4 is 0 Å². The molecule has 2 fully saturated rings. The van der Waals surface area contributed by atoms with E-state index in [-0.39, 0.29) is 18.4 Å². The van der Waals surface area contributed by atoms with Crippen molar-refractivity contribution >= 4 is 17.8 Å². The average molecular weight is 316 g/mol. The highest BCUT2D eigenvalue weighted by atomic mass is 16.4. The van der Waals surface area contributed by atoms with E-state index >= 15 is 0 Å². The Labute approximate surface area is 134 Å². The van der Waals surface area contributed by atoms with Crippen molar-refractivity contribution in [1.29, 1.82) is 0 Å². The summed E-state index contributed by atoms with van der Waals surface area (Å²) in [6, 6.07) is 8.57. The fourth-order valence-electron chi connectivity index (χ4n) is 3.49. The standard InChI is InChI=1S/C17H20N2O4/c20-15-11-18(10-4-7-12-5-2-1-3-6-12)16(21)13-8-9-14(17(22)23)19(13)15/h1-3,5-6,13-14H,4,7-11H2,(H,22,23). The zero-order valence-electron chi connectivity index (χ0n) is 12.9. The predicted octanol–water partition coefficient (Wildman–Crippen LogP) is 0.906. The lowest BCUT2D eigenvalue weighted by atomic mass is 10.1. The first-order valence-corrected chi connectivity index (χ1v) is 7.94. The van der Waals surface area contributed by atoms with Crippen molar-refractivity contribution in [2.45, 2.75) is 37.8 Å². The first-order chi connectivity index (χ1) is 11.1. The zero-order valence-corrected chi connectivity index (χ0v) is 12.9. The largest absolute Gasteiger partial charge is 0.480 e. The van der Waals surface area contributed by atoms with Gasteiger partial charge < -0.3 is 14.9 Å². The van der Waals surface area contributed by atoms with Gasteiger partial charge in [-0.25, -0.2) is 4.79 Å². The molecule has 0 aromatic heterocycles. The first kappa shape index (κ1) is 15.5. The molecule has 0 saturated carbocycles. The van der Waals surface area contributed by atoms with E-state index in [1.807, 2.05) is 30.3 Å². The molecule has 2 atom stereocenters. The van der Waals surface area contributed by atoms with Crippen LogP contribution in [0.2, 0.25) is 0 Å². The maximum absolute atomic E-state index is 12.5. The molecule has 1 aromatic rings. The van der Waals surface area contributed by atoms with E-state index in [4.69, 9.17) is 0 Å². The Bertz CT molecular complexity index is 616. The quantitative estimate of drug-likeness (QED) is 0.876. The predicted molar refractivity (Wildman–Crippen MR) is 82.6 cm³/mol. The van der Waals surface area contributed by atoms with Gasteiger partial charge in [0.15, 0.2) is 0 Å². The van der Waals surface area contributed by atoms with Gasteiger partial charge in [0.25, 0.3) is 0 Å². The van der Waals surface area contributed by atoms with Gasteiger partial charge in [-0.15, -0.1) is 0 Å². The third-order valence-electron chi connectivity index (χ3n) is 4.62. The van der Waals surface area contributed by atoms with Crippen molar-refractivity contribution in [3.63, 3.8) is 0 Å². The minimum atomic E-state index is -1.02. The Morgan fingerprint density at radius 1 is 1.17 bits per heavy atom. The number of hydrogen-bond donors (Lipinski definition) is 1. The molecule has 3 rings (SSSR count). The van der Waals surface area contributed by atoms with E-state index in [2.05, 4.69) is 0 Å². The molecule has 122 valence electrons. The van der Waals surface area contributed by atoms with Gasteiger partial charge in [-0.2, -0.15) is 0 Å². The van der Waals surface area contributed by atoms with Crippen LogP contribution in [0.25, 0.3) is 0 Å². The number of aryl methyl sites for hydroxylation is 1. The van der Waals surface area contributed by atoms with Crippen molar-refractivity contribution < 1.29 is 19.5 Å². The molecule has 1 N–H and O–H groups in total.